The molecule has 0 saturated carbocycles. The molecular formula is C17H18Cl2N2O4S2. The summed E-state index contributed by atoms with van der Waals surface area (Å²) >= 11 is 12.0. The van der Waals surface area contributed by atoms with Gasteiger partial charge < -0.3 is 0 Å². The van der Waals surface area contributed by atoms with E-state index in [0.29, 0.717) is 13.1 Å². The van der Waals surface area contributed by atoms with Crippen LogP contribution in [0.25, 0.3) is 0 Å². The highest BCUT2D eigenvalue weighted by molar-refractivity contribution is 7.92. The molecule has 1 heterocycles. The third kappa shape index (κ3) is 4.57. The summed E-state index contributed by atoms with van der Waals surface area (Å²) in [5.74, 6) is 0. The number of hydrogen-bond donors (Lipinski definition) is 1. The summed E-state index contributed by atoms with van der Waals surface area (Å²) < 4.78 is 54.6. The molecule has 0 radical (unpaired) electrons. The fourth-order valence-corrected chi connectivity index (χ4v) is 6.22. The molecule has 0 bridgehead atoms. The van der Waals surface area contributed by atoms with Gasteiger partial charge in [0.05, 0.1) is 15.6 Å². The predicted molar refractivity (Wildman–Crippen MR) is 106 cm³/mol. The van der Waals surface area contributed by atoms with E-state index in [1.807, 2.05) is 0 Å². The average molecular weight is 449 g/mol. The summed E-state index contributed by atoms with van der Waals surface area (Å²) in [5, 5.41) is 0.327. The largest absolute Gasteiger partial charge is 0.280 e. The fourth-order valence-electron chi connectivity index (χ4n) is 2.86. The van der Waals surface area contributed by atoms with Crippen molar-refractivity contribution < 1.29 is 16.8 Å². The van der Waals surface area contributed by atoms with Crippen LogP contribution < -0.4 is 4.72 Å². The molecule has 1 aliphatic rings. The lowest BCUT2D eigenvalue weighted by molar-refractivity contribution is 0.346. The summed E-state index contributed by atoms with van der Waals surface area (Å²) in [5.41, 5.74) is 0.106. The Labute approximate surface area is 169 Å². The van der Waals surface area contributed by atoms with Gasteiger partial charge in [0.2, 0.25) is 10.0 Å². The van der Waals surface area contributed by atoms with Crippen molar-refractivity contribution in [3.63, 3.8) is 0 Å². The molecule has 27 heavy (non-hydrogen) atoms. The second kappa shape index (κ2) is 7.97. The molecule has 6 nitrogen and oxygen atoms in total. The molecule has 1 N–H and O–H groups in total. The van der Waals surface area contributed by atoms with Crippen LogP contribution in [-0.2, 0) is 20.0 Å². The van der Waals surface area contributed by atoms with Gasteiger partial charge in [0.1, 0.15) is 4.90 Å². The standard InChI is InChI=1S/C17H18Cl2N2O4S2/c18-13-5-4-6-15(11-13)26(22,23)20-14-7-8-16(19)17(12-14)27(24,25)21-9-2-1-3-10-21/h4-8,11-12,20H,1-3,9-10H2. The van der Waals surface area contributed by atoms with Crippen LogP contribution in [0.4, 0.5) is 5.69 Å². The normalized spacial score (nSPS) is 16.2. The highest BCUT2D eigenvalue weighted by Gasteiger charge is 2.28. The number of hydrogen-bond acceptors (Lipinski definition) is 4. The van der Waals surface area contributed by atoms with Crippen molar-refractivity contribution in [1.82, 2.24) is 4.31 Å². The van der Waals surface area contributed by atoms with Crippen molar-refractivity contribution in [3.8, 4) is 0 Å². The quantitative estimate of drug-likeness (QED) is 0.749. The van der Waals surface area contributed by atoms with E-state index in [4.69, 9.17) is 23.2 Å². The molecule has 0 unspecified atom stereocenters. The number of piperidine rings is 1. The molecule has 0 aliphatic carbocycles. The first-order chi connectivity index (χ1) is 12.7. The molecule has 2 aromatic carbocycles. The van der Waals surface area contributed by atoms with E-state index in [2.05, 4.69) is 4.72 Å². The average Bonchev–Trinajstić information content (AvgIpc) is 2.64. The smallest absolute Gasteiger partial charge is 0.261 e. The molecule has 10 heteroatoms. The Kier molecular flexibility index (Phi) is 6.02. The number of nitrogens with zero attached hydrogens (tertiary/aromatic N) is 1. The summed E-state index contributed by atoms with van der Waals surface area (Å²) in [6.07, 6.45) is 2.56. The SMILES string of the molecule is O=S(=O)(Nc1ccc(Cl)c(S(=O)(=O)N2CCCCC2)c1)c1cccc(Cl)c1. The summed E-state index contributed by atoms with van der Waals surface area (Å²) in [6.45, 7) is 0.855. The van der Waals surface area contributed by atoms with Gasteiger partial charge in [-0.1, -0.05) is 35.7 Å². The Bertz CT molecular complexity index is 1050. The second-order valence-corrected chi connectivity index (χ2v) is 10.6. The zero-order valence-corrected chi connectivity index (χ0v) is 17.4. The van der Waals surface area contributed by atoms with Crippen LogP contribution in [0.5, 0.6) is 0 Å². The molecule has 146 valence electrons. The van der Waals surface area contributed by atoms with E-state index in [-0.39, 0.29) is 25.5 Å². The molecule has 0 amide bonds. The van der Waals surface area contributed by atoms with Gasteiger partial charge in [-0.05, 0) is 49.2 Å². The predicted octanol–water partition coefficient (Wildman–Crippen LogP) is 3.97. The highest BCUT2D eigenvalue weighted by Crippen LogP contribution is 2.30. The van der Waals surface area contributed by atoms with Crippen molar-refractivity contribution in [1.29, 1.82) is 0 Å². The van der Waals surface area contributed by atoms with E-state index in [9.17, 15) is 16.8 Å². The number of halogens is 2. The Morgan fingerprint density at radius 2 is 1.59 bits per heavy atom. The zero-order chi connectivity index (χ0) is 19.7. The number of anilines is 1. The first-order valence-electron chi connectivity index (χ1n) is 8.28. The Morgan fingerprint density at radius 1 is 0.889 bits per heavy atom. The second-order valence-electron chi connectivity index (χ2n) is 6.17. The molecule has 2 aromatic rings. The zero-order valence-electron chi connectivity index (χ0n) is 14.2. The molecule has 0 atom stereocenters. The van der Waals surface area contributed by atoms with Gasteiger partial charge in [-0.15, -0.1) is 0 Å². The lowest BCUT2D eigenvalue weighted by Gasteiger charge is -2.26. The maximum absolute atomic E-state index is 12.9. The van der Waals surface area contributed by atoms with Crippen LogP contribution in [0.15, 0.2) is 52.3 Å². The lowest BCUT2D eigenvalue weighted by atomic mass is 10.2. The molecule has 1 saturated heterocycles. The van der Waals surface area contributed by atoms with Crippen LogP contribution in [0.3, 0.4) is 0 Å². The van der Waals surface area contributed by atoms with E-state index in [0.717, 1.165) is 19.3 Å². The fraction of sp³-hybridized carbons (Fsp3) is 0.294. The molecule has 1 aliphatic heterocycles. The Morgan fingerprint density at radius 3 is 2.26 bits per heavy atom. The summed E-state index contributed by atoms with van der Waals surface area (Å²) in [4.78, 5) is -0.136. The summed E-state index contributed by atoms with van der Waals surface area (Å²) in [7, 11) is -7.72. The van der Waals surface area contributed by atoms with Gasteiger partial charge in [0, 0.05) is 18.1 Å². The van der Waals surface area contributed by atoms with Gasteiger partial charge in [0.15, 0.2) is 0 Å². The minimum atomic E-state index is -3.92. The van der Waals surface area contributed by atoms with Gasteiger partial charge in [-0.3, -0.25) is 4.72 Å². The van der Waals surface area contributed by atoms with Crippen molar-refractivity contribution in [2.45, 2.75) is 29.1 Å². The summed E-state index contributed by atoms with van der Waals surface area (Å²) in [6, 6.07) is 9.82. The number of benzene rings is 2. The third-order valence-electron chi connectivity index (χ3n) is 4.22. The molecule has 0 aromatic heterocycles. The van der Waals surface area contributed by atoms with E-state index in [1.54, 1.807) is 6.07 Å². The third-order valence-corrected chi connectivity index (χ3v) is 8.22. The van der Waals surface area contributed by atoms with Crippen LogP contribution in [0.2, 0.25) is 10.0 Å². The number of sulfonamides is 2. The van der Waals surface area contributed by atoms with E-state index in [1.165, 1.54) is 40.7 Å². The lowest BCUT2D eigenvalue weighted by Crippen LogP contribution is -2.35. The molecule has 0 spiro atoms. The Balaban J connectivity index is 1.94. The van der Waals surface area contributed by atoms with E-state index >= 15 is 0 Å². The van der Waals surface area contributed by atoms with Gasteiger partial charge in [0.25, 0.3) is 10.0 Å². The van der Waals surface area contributed by atoms with Crippen LogP contribution in [0, 0.1) is 0 Å². The molecule has 1 fully saturated rings. The maximum atomic E-state index is 12.9. The van der Waals surface area contributed by atoms with Crippen LogP contribution in [0.1, 0.15) is 19.3 Å². The minimum absolute atomic E-state index is 0.0228. The highest BCUT2D eigenvalue weighted by atomic mass is 35.5. The van der Waals surface area contributed by atoms with Crippen molar-refractivity contribution >= 4 is 48.9 Å². The van der Waals surface area contributed by atoms with E-state index < -0.39 is 20.0 Å². The topological polar surface area (TPSA) is 83.5 Å². The van der Waals surface area contributed by atoms with Crippen molar-refractivity contribution in [3.05, 3.63) is 52.5 Å². The monoisotopic (exact) mass is 448 g/mol. The van der Waals surface area contributed by atoms with Gasteiger partial charge >= 0.3 is 0 Å². The number of nitrogens with one attached hydrogen (secondary N) is 1. The van der Waals surface area contributed by atoms with Gasteiger partial charge in [-0.2, -0.15) is 4.31 Å². The molecule has 3 rings (SSSR count). The van der Waals surface area contributed by atoms with Gasteiger partial charge in [-0.25, -0.2) is 16.8 Å². The van der Waals surface area contributed by atoms with Crippen molar-refractivity contribution in [2.24, 2.45) is 0 Å². The maximum Gasteiger partial charge on any atom is 0.261 e. The van der Waals surface area contributed by atoms with Crippen LogP contribution >= 0.6 is 23.2 Å². The number of rotatable bonds is 5. The van der Waals surface area contributed by atoms with Crippen LogP contribution in [-0.4, -0.2) is 34.2 Å². The van der Waals surface area contributed by atoms with Crippen molar-refractivity contribution in [2.75, 3.05) is 17.8 Å². The Hall–Kier alpha value is -1.32. The first kappa shape index (κ1) is 20.4. The molecular weight excluding hydrogens is 431 g/mol. The first-order valence-corrected chi connectivity index (χ1v) is 12.0. The minimum Gasteiger partial charge on any atom is -0.280 e.